The van der Waals surface area contributed by atoms with Crippen LogP contribution in [0, 0.1) is 34.5 Å². The van der Waals surface area contributed by atoms with E-state index in [0.717, 1.165) is 12.8 Å². The van der Waals surface area contributed by atoms with Crippen molar-refractivity contribution in [2.75, 3.05) is 0 Å². The Morgan fingerprint density at radius 3 is 2.44 bits per heavy atom. The third kappa shape index (κ3) is 2.21. The van der Waals surface area contributed by atoms with E-state index in [9.17, 15) is 4.79 Å². The Morgan fingerprint density at radius 1 is 0.880 bits per heavy atom. The van der Waals surface area contributed by atoms with Gasteiger partial charge in [-0.15, -0.1) is 0 Å². The van der Waals surface area contributed by atoms with E-state index in [4.69, 9.17) is 9.47 Å². The van der Waals surface area contributed by atoms with Gasteiger partial charge in [-0.05, 0) is 74.0 Å². The van der Waals surface area contributed by atoms with Crippen LogP contribution in [0.1, 0.15) is 79.1 Å². The third-order valence-electron chi connectivity index (χ3n) is 9.01. The molecule has 0 radical (unpaired) electrons. The summed E-state index contributed by atoms with van der Waals surface area (Å²) in [7, 11) is 0. The minimum atomic E-state index is -0.473. The average Bonchev–Trinajstić information content (AvgIpc) is 3.01. The van der Waals surface area contributed by atoms with Crippen LogP contribution in [-0.2, 0) is 14.3 Å². The molecule has 0 bridgehead atoms. The van der Waals surface area contributed by atoms with Crippen LogP contribution in [0.2, 0.25) is 0 Å². The van der Waals surface area contributed by atoms with Crippen LogP contribution in [0.25, 0.3) is 0 Å². The number of ether oxygens (including phenoxy) is 2. The molecule has 4 saturated carbocycles. The van der Waals surface area contributed by atoms with E-state index in [0.29, 0.717) is 34.9 Å². The Hall–Kier alpha value is -0.410. The summed E-state index contributed by atoms with van der Waals surface area (Å²) in [6, 6.07) is 0. The van der Waals surface area contributed by atoms with E-state index in [-0.39, 0.29) is 17.6 Å². The largest absolute Gasteiger partial charge is 0.344 e. The van der Waals surface area contributed by atoms with Crippen LogP contribution in [0.5, 0.6) is 0 Å². The normalized spacial score (nSPS) is 56.7. The van der Waals surface area contributed by atoms with Gasteiger partial charge in [-0.3, -0.25) is 4.79 Å². The molecular weight excluding hydrogens is 312 g/mol. The quantitative estimate of drug-likeness (QED) is 0.636. The fourth-order valence-electron chi connectivity index (χ4n) is 8.02. The monoisotopic (exact) mass is 346 g/mol. The fraction of sp³-hybridized carbons (Fsp3) is 0.955. The molecule has 25 heavy (non-hydrogen) atoms. The van der Waals surface area contributed by atoms with Gasteiger partial charge in [-0.2, -0.15) is 0 Å². The Labute approximate surface area is 152 Å². The van der Waals surface area contributed by atoms with Crippen molar-refractivity contribution in [2.24, 2.45) is 34.5 Å². The zero-order chi connectivity index (χ0) is 17.6. The second kappa shape index (κ2) is 5.10. The minimum Gasteiger partial charge on any atom is -0.344 e. The van der Waals surface area contributed by atoms with Gasteiger partial charge in [0, 0.05) is 12.8 Å². The van der Waals surface area contributed by atoms with Gasteiger partial charge in [-0.1, -0.05) is 26.7 Å². The maximum absolute atomic E-state index is 12.4. The number of hydrogen-bond donors (Lipinski definition) is 0. The molecule has 1 saturated heterocycles. The molecule has 5 fully saturated rings. The second-order valence-electron chi connectivity index (χ2n) is 10.8. The maximum Gasteiger partial charge on any atom is 0.163 e. The summed E-state index contributed by atoms with van der Waals surface area (Å²) >= 11 is 0. The van der Waals surface area contributed by atoms with Gasteiger partial charge in [0.2, 0.25) is 0 Å². The predicted octanol–water partition coefficient (Wildman–Crippen LogP) is 4.73. The lowest BCUT2D eigenvalue weighted by atomic mass is 9.44. The van der Waals surface area contributed by atoms with Crippen molar-refractivity contribution in [3.63, 3.8) is 0 Å². The number of hydrogen-bond acceptors (Lipinski definition) is 3. The molecule has 1 heterocycles. The summed E-state index contributed by atoms with van der Waals surface area (Å²) in [5.41, 5.74) is 0.581. The van der Waals surface area contributed by atoms with Crippen molar-refractivity contribution >= 4 is 5.78 Å². The molecule has 140 valence electrons. The summed E-state index contributed by atoms with van der Waals surface area (Å²) < 4.78 is 13.1. The highest BCUT2D eigenvalue weighted by atomic mass is 16.8. The molecule has 4 unspecified atom stereocenters. The number of fused-ring (bicyclic) bond motifs is 8. The zero-order valence-corrected chi connectivity index (χ0v) is 16.3. The van der Waals surface area contributed by atoms with Gasteiger partial charge >= 0.3 is 0 Å². The maximum atomic E-state index is 12.4. The molecule has 4 aliphatic carbocycles. The summed E-state index contributed by atoms with van der Waals surface area (Å²) in [6.45, 7) is 9.10. The first-order valence-electron chi connectivity index (χ1n) is 10.6. The van der Waals surface area contributed by atoms with Gasteiger partial charge in [0.1, 0.15) is 5.78 Å². The van der Waals surface area contributed by atoms with Crippen LogP contribution in [-0.4, -0.2) is 23.8 Å². The molecule has 0 aromatic rings. The number of Topliss-reactive ketones (excluding diaryl/α,β-unsaturated/α-hetero) is 1. The van der Waals surface area contributed by atoms with Gasteiger partial charge in [0.15, 0.2) is 5.79 Å². The highest BCUT2D eigenvalue weighted by molar-refractivity contribution is 5.82. The first-order valence-corrected chi connectivity index (χ1v) is 10.6. The molecule has 0 aromatic heterocycles. The molecule has 0 amide bonds. The Balaban J connectivity index is 1.60. The first-order chi connectivity index (χ1) is 11.7. The van der Waals surface area contributed by atoms with Crippen LogP contribution in [0.15, 0.2) is 0 Å². The Kier molecular flexibility index (Phi) is 3.41. The minimum absolute atomic E-state index is 0.201. The lowest BCUT2D eigenvalue weighted by molar-refractivity contribution is -0.175. The highest BCUT2D eigenvalue weighted by Crippen LogP contribution is 2.67. The highest BCUT2D eigenvalue weighted by Gasteiger charge is 2.67. The van der Waals surface area contributed by atoms with Crippen LogP contribution in [0.4, 0.5) is 0 Å². The van der Waals surface area contributed by atoms with Crippen molar-refractivity contribution < 1.29 is 14.3 Å². The molecular formula is C22H34O3. The molecule has 1 aliphatic heterocycles. The summed E-state index contributed by atoms with van der Waals surface area (Å²) in [5.74, 6) is 2.37. The van der Waals surface area contributed by atoms with Crippen LogP contribution >= 0.6 is 0 Å². The van der Waals surface area contributed by atoms with Crippen molar-refractivity contribution in [3.8, 4) is 0 Å². The van der Waals surface area contributed by atoms with E-state index in [1.54, 1.807) is 0 Å². The zero-order valence-electron chi connectivity index (χ0n) is 16.3. The molecule has 0 spiro atoms. The van der Waals surface area contributed by atoms with E-state index < -0.39 is 5.79 Å². The topological polar surface area (TPSA) is 35.5 Å². The third-order valence-corrected chi connectivity index (χ3v) is 9.01. The predicted molar refractivity (Wildman–Crippen MR) is 95.9 cm³/mol. The molecule has 5 rings (SSSR count). The van der Waals surface area contributed by atoms with Gasteiger partial charge in [0.05, 0.1) is 12.2 Å². The molecule has 0 aromatic carbocycles. The van der Waals surface area contributed by atoms with Gasteiger partial charge in [-0.25, -0.2) is 0 Å². The number of ketones is 1. The van der Waals surface area contributed by atoms with Crippen LogP contribution in [0.3, 0.4) is 0 Å². The second-order valence-corrected chi connectivity index (χ2v) is 10.8. The standard InChI is InChI=1S/C22H34O3/c1-20(2)24-18-15-7-5-6-9-22(15,4)14-8-10-21(3)12-13(23)11-16(21)17(14)19(18)25-20/h14-19H,5-12H2,1-4H3/t14?,15?,16?,17?,18-,19-,21-,22-/m1/s1. The average molecular weight is 347 g/mol. The number of carbonyl (C=O) groups excluding carboxylic acids is 1. The SMILES string of the molecule is CC1(C)O[C@@H]2C3C4CC(=O)C[C@@]4(C)CCC3[C@@]3(C)CCCCC3[C@H]2O1. The fourth-order valence-corrected chi connectivity index (χ4v) is 8.02. The van der Waals surface area contributed by atoms with E-state index in [1.807, 2.05) is 0 Å². The molecule has 0 N–H and O–H groups in total. The van der Waals surface area contributed by atoms with Crippen LogP contribution < -0.4 is 0 Å². The van der Waals surface area contributed by atoms with Gasteiger partial charge < -0.3 is 9.47 Å². The summed E-state index contributed by atoms with van der Waals surface area (Å²) in [5, 5.41) is 0. The smallest absolute Gasteiger partial charge is 0.163 e. The summed E-state index contributed by atoms with van der Waals surface area (Å²) in [6.07, 6.45) is 9.85. The van der Waals surface area contributed by atoms with E-state index >= 15 is 0 Å². The van der Waals surface area contributed by atoms with Crippen molar-refractivity contribution in [1.29, 1.82) is 0 Å². The Morgan fingerprint density at radius 2 is 1.64 bits per heavy atom. The lowest BCUT2D eigenvalue weighted by Crippen LogP contribution is -2.62. The van der Waals surface area contributed by atoms with Crippen molar-refractivity contribution in [3.05, 3.63) is 0 Å². The van der Waals surface area contributed by atoms with Crippen molar-refractivity contribution in [2.45, 2.75) is 97.1 Å². The first kappa shape index (κ1) is 16.7. The molecule has 3 nitrogen and oxygen atoms in total. The lowest BCUT2D eigenvalue weighted by Gasteiger charge is -2.62. The molecule has 8 atom stereocenters. The summed E-state index contributed by atoms with van der Waals surface area (Å²) in [4.78, 5) is 12.4. The molecule has 3 heteroatoms. The van der Waals surface area contributed by atoms with E-state index in [2.05, 4.69) is 27.7 Å². The van der Waals surface area contributed by atoms with Gasteiger partial charge in [0.25, 0.3) is 0 Å². The van der Waals surface area contributed by atoms with E-state index in [1.165, 1.54) is 38.5 Å². The molecule has 5 aliphatic rings. The van der Waals surface area contributed by atoms with Crippen molar-refractivity contribution in [1.82, 2.24) is 0 Å². The number of carbonyl (C=O) groups is 1. The Bertz CT molecular complexity index is 598. The number of rotatable bonds is 0.